The van der Waals surface area contributed by atoms with E-state index in [1.165, 1.54) is 0 Å². The maximum absolute atomic E-state index is 11.8. The highest BCUT2D eigenvalue weighted by Crippen LogP contribution is 2.20. The summed E-state index contributed by atoms with van der Waals surface area (Å²) in [6, 6.07) is 7.56. The van der Waals surface area contributed by atoms with Gasteiger partial charge in [0.1, 0.15) is 0 Å². The molecule has 1 aromatic rings. The van der Waals surface area contributed by atoms with E-state index in [0.29, 0.717) is 12.8 Å². The Bertz CT molecular complexity index is 413. The minimum absolute atomic E-state index is 0.0435. The van der Waals surface area contributed by atoms with E-state index in [4.69, 9.17) is 5.73 Å². The molecule has 106 valence electrons. The highest BCUT2D eigenvalue weighted by Gasteiger charge is 2.19. The summed E-state index contributed by atoms with van der Waals surface area (Å²) >= 11 is 0. The molecule has 19 heavy (non-hydrogen) atoms. The number of aliphatic hydroxyl groups is 1. The maximum atomic E-state index is 11.8. The fourth-order valence-electron chi connectivity index (χ4n) is 1.71. The Morgan fingerprint density at radius 3 is 2.53 bits per heavy atom. The molecule has 1 rings (SSSR count). The summed E-state index contributed by atoms with van der Waals surface area (Å²) in [6.45, 7) is 5.90. The predicted octanol–water partition coefficient (Wildman–Crippen LogP) is 2.04. The highest BCUT2D eigenvalue weighted by atomic mass is 16.3. The molecule has 2 unspecified atom stereocenters. The topological polar surface area (TPSA) is 75.3 Å². The third-order valence-corrected chi connectivity index (χ3v) is 3.43. The Balaban J connectivity index is 2.46. The van der Waals surface area contributed by atoms with Crippen LogP contribution < -0.4 is 11.1 Å². The maximum Gasteiger partial charge on any atom is 0.220 e. The zero-order valence-electron chi connectivity index (χ0n) is 11.9. The van der Waals surface area contributed by atoms with E-state index in [9.17, 15) is 9.90 Å². The number of rotatable bonds is 6. The quantitative estimate of drug-likeness (QED) is 0.688. The molecule has 0 aliphatic heterocycles. The van der Waals surface area contributed by atoms with Crippen molar-refractivity contribution in [1.29, 1.82) is 0 Å². The Morgan fingerprint density at radius 2 is 2.00 bits per heavy atom. The average molecular weight is 264 g/mol. The normalized spacial score (nSPS) is 15.6. The fourth-order valence-corrected chi connectivity index (χ4v) is 1.71. The van der Waals surface area contributed by atoms with Crippen LogP contribution in [0.15, 0.2) is 24.3 Å². The molecule has 0 radical (unpaired) electrons. The fraction of sp³-hybridized carbons (Fsp3) is 0.533. The van der Waals surface area contributed by atoms with Crippen LogP contribution >= 0.6 is 0 Å². The van der Waals surface area contributed by atoms with Gasteiger partial charge in [-0.05, 0) is 37.0 Å². The second kappa shape index (κ2) is 6.57. The first-order valence-electron chi connectivity index (χ1n) is 6.68. The molecule has 1 amide bonds. The molecule has 0 heterocycles. The molecular weight excluding hydrogens is 240 g/mol. The zero-order valence-corrected chi connectivity index (χ0v) is 11.9. The van der Waals surface area contributed by atoms with Crippen LogP contribution in [0, 0.1) is 0 Å². The van der Waals surface area contributed by atoms with Gasteiger partial charge in [-0.3, -0.25) is 4.79 Å². The van der Waals surface area contributed by atoms with Crippen molar-refractivity contribution >= 4 is 11.6 Å². The summed E-state index contributed by atoms with van der Waals surface area (Å²) < 4.78 is 0. The first-order valence-corrected chi connectivity index (χ1v) is 6.68. The van der Waals surface area contributed by atoms with Crippen molar-refractivity contribution < 1.29 is 9.90 Å². The monoisotopic (exact) mass is 264 g/mol. The standard InChI is InChI=1S/C15H24N2O2/c1-4-15(3,19)10-17-14(18)9-11(2)12-5-7-13(16)8-6-12/h5-8,11,19H,4,9-10,16H2,1-3H3,(H,17,18). The van der Waals surface area contributed by atoms with E-state index < -0.39 is 5.60 Å². The molecule has 1 aromatic carbocycles. The van der Waals surface area contributed by atoms with Crippen molar-refractivity contribution in [2.75, 3.05) is 12.3 Å². The van der Waals surface area contributed by atoms with Crippen LogP contribution in [0.3, 0.4) is 0 Å². The molecule has 4 heteroatoms. The van der Waals surface area contributed by atoms with Crippen LogP contribution in [-0.2, 0) is 4.79 Å². The summed E-state index contributed by atoms with van der Waals surface area (Å²) in [5.41, 5.74) is 6.61. The van der Waals surface area contributed by atoms with Gasteiger partial charge in [-0.25, -0.2) is 0 Å². The van der Waals surface area contributed by atoms with Crippen molar-refractivity contribution in [3.8, 4) is 0 Å². The average Bonchev–Trinajstić information content (AvgIpc) is 2.37. The third-order valence-electron chi connectivity index (χ3n) is 3.43. The minimum Gasteiger partial charge on any atom is -0.399 e. The lowest BCUT2D eigenvalue weighted by Gasteiger charge is -2.22. The summed E-state index contributed by atoms with van der Waals surface area (Å²) in [5, 5.41) is 12.6. The van der Waals surface area contributed by atoms with Crippen molar-refractivity contribution in [3.05, 3.63) is 29.8 Å². The van der Waals surface area contributed by atoms with Crippen LogP contribution in [-0.4, -0.2) is 23.2 Å². The van der Waals surface area contributed by atoms with E-state index in [-0.39, 0.29) is 18.4 Å². The van der Waals surface area contributed by atoms with Gasteiger partial charge >= 0.3 is 0 Å². The molecule has 0 bridgehead atoms. The molecule has 4 nitrogen and oxygen atoms in total. The van der Waals surface area contributed by atoms with Crippen LogP contribution in [0.25, 0.3) is 0 Å². The minimum atomic E-state index is -0.833. The second-order valence-corrected chi connectivity index (χ2v) is 5.40. The Labute approximate surface area is 115 Å². The van der Waals surface area contributed by atoms with Crippen LogP contribution in [0.5, 0.6) is 0 Å². The Kier molecular flexibility index (Phi) is 5.36. The van der Waals surface area contributed by atoms with Gasteiger partial charge in [-0.2, -0.15) is 0 Å². The van der Waals surface area contributed by atoms with Crippen molar-refractivity contribution in [2.45, 2.75) is 45.1 Å². The van der Waals surface area contributed by atoms with Crippen LogP contribution in [0.1, 0.15) is 45.1 Å². The number of carbonyl (C=O) groups is 1. The smallest absolute Gasteiger partial charge is 0.220 e. The van der Waals surface area contributed by atoms with E-state index >= 15 is 0 Å². The number of hydrogen-bond acceptors (Lipinski definition) is 3. The molecule has 0 spiro atoms. The summed E-state index contributed by atoms with van der Waals surface area (Å²) in [5.74, 6) is 0.0882. The summed E-state index contributed by atoms with van der Waals surface area (Å²) in [7, 11) is 0. The third kappa shape index (κ3) is 5.30. The van der Waals surface area contributed by atoms with Gasteiger partial charge < -0.3 is 16.2 Å². The first-order chi connectivity index (χ1) is 8.84. The van der Waals surface area contributed by atoms with Gasteiger partial charge in [0.2, 0.25) is 5.91 Å². The zero-order chi connectivity index (χ0) is 14.5. The van der Waals surface area contributed by atoms with Crippen molar-refractivity contribution in [3.63, 3.8) is 0 Å². The lowest BCUT2D eigenvalue weighted by molar-refractivity contribution is -0.122. The lowest BCUT2D eigenvalue weighted by Crippen LogP contribution is -2.40. The number of nitrogens with two attached hydrogens (primary N) is 1. The van der Waals surface area contributed by atoms with E-state index in [1.807, 2.05) is 38.1 Å². The number of carbonyl (C=O) groups excluding carboxylic acids is 1. The Morgan fingerprint density at radius 1 is 1.42 bits per heavy atom. The number of anilines is 1. The molecule has 0 saturated carbocycles. The molecule has 2 atom stereocenters. The van der Waals surface area contributed by atoms with Crippen molar-refractivity contribution in [1.82, 2.24) is 5.32 Å². The van der Waals surface area contributed by atoms with Gasteiger partial charge in [0, 0.05) is 18.7 Å². The van der Waals surface area contributed by atoms with Crippen LogP contribution in [0.4, 0.5) is 5.69 Å². The first kappa shape index (κ1) is 15.5. The number of benzene rings is 1. The number of amides is 1. The molecular formula is C15H24N2O2. The molecule has 0 aliphatic rings. The molecule has 0 saturated heterocycles. The van der Waals surface area contributed by atoms with Crippen molar-refractivity contribution in [2.24, 2.45) is 0 Å². The van der Waals surface area contributed by atoms with Gasteiger partial charge in [-0.1, -0.05) is 26.0 Å². The van der Waals surface area contributed by atoms with Gasteiger partial charge in [0.15, 0.2) is 0 Å². The van der Waals surface area contributed by atoms with E-state index in [2.05, 4.69) is 5.32 Å². The molecule has 0 aliphatic carbocycles. The van der Waals surface area contributed by atoms with Crippen LogP contribution in [0.2, 0.25) is 0 Å². The Hall–Kier alpha value is -1.55. The largest absolute Gasteiger partial charge is 0.399 e. The van der Waals surface area contributed by atoms with Gasteiger partial charge in [-0.15, -0.1) is 0 Å². The predicted molar refractivity (Wildman–Crippen MR) is 77.8 cm³/mol. The summed E-state index contributed by atoms with van der Waals surface area (Å²) in [6.07, 6.45) is 1.02. The summed E-state index contributed by atoms with van der Waals surface area (Å²) in [4.78, 5) is 11.8. The number of nitrogen functional groups attached to an aromatic ring is 1. The van der Waals surface area contributed by atoms with Gasteiger partial charge in [0.25, 0.3) is 0 Å². The van der Waals surface area contributed by atoms with E-state index in [1.54, 1.807) is 6.92 Å². The number of nitrogens with one attached hydrogen (secondary N) is 1. The molecule has 4 N–H and O–H groups in total. The SMILES string of the molecule is CCC(C)(O)CNC(=O)CC(C)c1ccc(N)cc1. The lowest BCUT2D eigenvalue weighted by atomic mass is 9.97. The second-order valence-electron chi connectivity index (χ2n) is 5.40. The highest BCUT2D eigenvalue weighted by molar-refractivity contribution is 5.76. The molecule has 0 fully saturated rings. The van der Waals surface area contributed by atoms with E-state index in [0.717, 1.165) is 11.3 Å². The molecule has 0 aromatic heterocycles. The van der Waals surface area contributed by atoms with Gasteiger partial charge in [0.05, 0.1) is 5.60 Å². The number of hydrogen-bond donors (Lipinski definition) is 3.